The summed E-state index contributed by atoms with van der Waals surface area (Å²) in [6, 6.07) is 6.35. The second-order valence-corrected chi connectivity index (χ2v) is 4.21. The molecule has 0 aromatic heterocycles. The van der Waals surface area contributed by atoms with Crippen molar-refractivity contribution in [3.63, 3.8) is 0 Å². The Hall–Kier alpha value is -1.95. The Morgan fingerprint density at radius 1 is 0.900 bits per heavy atom. The molecule has 0 fully saturated rings. The van der Waals surface area contributed by atoms with Crippen LogP contribution in [0.3, 0.4) is 0 Å². The molecule has 2 rings (SSSR count). The molecule has 0 aliphatic heterocycles. The van der Waals surface area contributed by atoms with Crippen LogP contribution in [0.5, 0.6) is 0 Å². The molecule has 0 spiro atoms. The fourth-order valence-corrected chi connectivity index (χ4v) is 1.83. The van der Waals surface area contributed by atoms with Crippen molar-refractivity contribution in [3.05, 3.63) is 59.2 Å². The first-order chi connectivity index (χ1) is 9.32. The van der Waals surface area contributed by atoms with E-state index >= 15 is 0 Å². The van der Waals surface area contributed by atoms with Crippen LogP contribution in [0.25, 0.3) is 11.1 Å². The van der Waals surface area contributed by atoms with Crippen LogP contribution in [0.2, 0.25) is 0 Å². The van der Waals surface area contributed by atoms with Gasteiger partial charge in [-0.25, -0.2) is 8.78 Å². The molecule has 0 amide bonds. The van der Waals surface area contributed by atoms with Crippen molar-refractivity contribution >= 4 is 0 Å². The lowest BCUT2D eigenvalue weighted by Gasteiger charge is -2.11. The third-order valence-electron chi connectivity index (χ3n) is 2.85. The Morgan fingerprint density at radius 2 is 1.60 bits per heavy atom. The number of hydrogen-bond acceptors (Lipinski definition) is 1. The molecule has 2 N–H and O–H groups in total. The van der Waals surface area contributed by atoms with Gasteiger partial charge in [0, 0.05) is 12.1 Å². The number of nitrogens with two attached hydrogens (primary N) is 1. The van der Waals surface area contributed by atoms with Crippen molar-refractivity contribution in [2.45, 2.75) is 12.7 Å². The van der Waals surface area contributed by atoms with E-state index in [2.05, 4.69) is 0 Å². The maximum absolute atomic E-state index is 13.8. The van der Waals surface area contributed by atoms with Crippen LogP contribution in [0.1, 0.15) is 11.1 Å². The second-order valence-electron chi connectivity index (χ2n) is 4.21. The largest absolute Gasteiger partial charge is 0.419 e. The van der Waals surface area contributed by atoms with Gasteiger partial charge < -0.3 is 5.73 Å². The van der Waals surface area contributed by atoms with Crippen LogP contribution in [0.15, 0.2) is 36.4 Å². The summed E-state index contributed by atoms with van der Waals surface area (Å²) in [5.41, 5.74) is 4.37. The molecule has 106 valence electrons. The molecule has 6 heteroatoms. The molecule has 0 radical (unpaired) electrons. The maximum Gasteiger partial charge on any atom is 0.419 e. The zero-order chi connectivity index (χ0) is 14.9. The van der Waals surface area contributed by atoms with Gasteiger partial charge in [-0.15, -0.1) is 0 Å². The normalized spacial score (nSPS) is 11.7. The van der Waals surface area contributed by atoms with Crippen molar-refractivity contribution in [1.82, 2.24) is 0 Å². The van der Waals surface area contributed by atoms with E-state index in [-0.39, 0.29) is 17.7 Å². The molecule has 0 saturated heterocycles. The predicted octanol–water partition coefficient (Wildman–Crippen LogP) is 4.11. The lowest BCUT2D eigenvalue weighted by atomic mass is 10.0. The highest BCUT2D eigenvalue weighted by molar-refractivity contribution is 5.65. The zero-order valence-corrected chi connectivity index (χ0v) is 10.1. The minimum absolute atomic E-state index is 0.0345. The van der Waals surface area contributed by atoms with Gasteiger partial charge in [0.2, 0.25) is 0 Å². The first-order valence-corrected chi connectivity index (χ1v) is 5.68. The minimum Gasteiger partial charge on any atom is -0.326 e. The maximum atomic E-state index is 13.8. The van der Waals surface area contributed by atoms with Gasteiger partial charge in [0.15, 0.2) is 0 Å². The molecular formula is C14H10F5N. The van der Waals surface area contributed by atoms with Crippen LogP contribution in [-0.2, 0) is 12.7 Å². The average molecular weight is 287 g/mol. The molecule has 20 heavy (non-hydrogen) atoms. The van der Waals surface area contributed by atoms with Crippen LogP contribution < -0.4 is 5.73 Å². The Bertz CT molecular complexity index is 634. The van der Waals surface area contributed by atoms with E-state index in [9.17, 15) is 22.0 Å². The quantitative estimate of drug-likeness (QED) is 0.826. The number of rotatable bonds is 2. The van der Waals surface area contributed by atoms with Crippen LogP contribution in [0, 0.1) is 11.6 Å². The average Bonchev–Trinajstić information content (AvgIpc) is 2.38. The lowest BCUT2D eigenvalue weighted by molar-refractivity contribution is -0.139. The summed E-state index contributed by atoms with van der Waals surface area (Å²) in [5, 5.41) is 0. The van der Waals surface area contributed by atoms with Gasteiger partial charge in [-0.1, -0.05) is 18.2 Å². The van der Waals surface area contributed by atoms with Crippen LogP contribution in [-0.4, -0.2) is 0 Å². The van der Waals surface area contributed by atoms with Gasteiger partial charge in [-0.2, -0.15) is 13.2 Å². The lowest BCUT2D eigenvalue weighted by Crippen LogP contribution is -2.08. The summed E-state index contributed by atoms with van der Waals surface area (Å²) in [4.78, 5) is 0. The predicted molar refractivity (Wildman–Crippen MR) is 64.7 cm³/mol. The standard InChI is InChI=1S/C14H10F5N/c15-12-4-2-9(6-11(12)14(17,18)19)10-3-1-8(7-20)5-13(10)16/h1-6H,7,20H2. The summed E-state index contributed by atoms with van der Waals surface area (Å²) < 4.78 is 64.8. The molecule has 0 unspecified atom stereocenters. The minimum atomic E-state index is -4.83. The molecule has 0 bridgehead atoms. The highest BCUT2D eigenvalue weighted by Crippen LogP contribution is 2.34. The van der Waals surface area contributed by atoms with E-state index in [4.69, 9.17) is 5.73 Å². The Balaban J connectivity index is 2.54. The number of halogens is 5. The van der Waals surface area contributed by atoms with Gasteiger partial charge in [0.25, 0.3) is 0 Å². The van der Waals surface area contributed by atoms with Crippen molar-refractivity contribution in [2.75, 3.05) is 0 Å². The van der Waals surface area contributed by atoms with Crippen LogP contribution in [0.4, 0.5) is 22.0 Å². The molecule has 0 aliphatic rings. The molecule has 2 aromatic rings. The van der Waals surface area contributed by atoms with Crippen molar-refractivity contribution in [2.24, 2.45) is 5.73 Å². The van der Waals surface area contributed by atoms with Gasteiger partial charge in [-0.05, 0) is 29.3 Å². The van der Waals surface area contributed by atoms with Gasteiger partial charge in [0.1, 0.15) is 11.6 Å². The van der Waals surface area contributed by atoms with E-state index in [0.717, 1.165) is 12.1 Å². The van der Waals surface area contributed by atoms with Gasteiger partial charge >= 0.3 is 6.18 Å². The topological polar surface area (TPSA) is 26.0 Å². The number of hydrogen-bond donors (Lipinski definition) is 1. The van der Waals surface area contributed by atoms with Crippen LogP contribution >= 0.6 is 0 Å². The third kappa shape index (κ3) is 2.80. The number of benzene rings is 2. The summed E-state index contributed by atoms with van der Waals surface area (Å²) in [6.07, 6.45) is -4.83. The van der Waals surface area contributed by atoms with Crippen molar-refractivity contribution in [1.29, 1.82) is 0 Å². The fourth-order valence-electron chi connectivity index (χ4n) is 1.83. The molecule has 2 aromatic carbocycles. The SMILES string of the molecule is NCc1ccc(-c2ccc(F)c(C(F)(F)F)c2)c(F)c1. The van der Waals surface area contributed by atoms with E-state index < -0.39 is 23.4 Å². The Morgan fingerprint density at radius 3 is 2.15 bits per heavy atom. The van der Waals surface area contributed by atoms with E-state index in [0.29, 0.717) is 17.7 Å². The second kappa shape index (κ2) is 5.20. The zero-order valence-electron chi connectivity index (χ0n) is 10.1. The van der Waals surface area contributed by atoms with Crippen molar-refractivity contribution in [3.8, 4) is 11.1 Å². The monoisotopic (exact) mass is 287 g/mol. The smallest absolute Gasteiger partial charge is 0.326 e. The van der Waals surface area contributed by atoms with Crippen molar-refractivity contribution < 1.29 is 22.0 Å². The first-order valence-electron chi connectivity index (χ1n) is 5.68. The summed E-state index contributed by atoms with van der Waals surface area (Å²) in [7, 11) is 0. The highest BCUT2D eigenvalue weighted by Gasteiger charge is 2.34. The Labute approximate surface area is 111 Å². The molecular weight excluding hydrogens is 277 g/mol. The van der Waals surface area contributed by atoms with Gasteiger partial charge in [0.05, 0.1) is 5.56 Å². The summed E-state index contributed by atoms with van der Waals surface area (Å²) >= 11 is 0. The molecule has 0 atom stereocenters. The summed E-state index contributed by atoms with van der Waals surface area (Å²) in [6.45, 7) is 0.119. The fraction of sp³-hybridized carbons (Fsp3) is 0.143. The molecule has 0 heterocycles. The highest BCUT2D eigenvalue weighted by atomic mass is 19.4. The Kier molecular flexibility index (Phi) is 3.76. The summed E-state index contributed by atoms with van der Waals surface area (Å²) in [5.74, 6) is -2.09. The third-order valence-corrected chi connectivity index (χ3v) is 2.85. The number of alkyl halides is 3. The van der Waals surface area contributed by atoms with E-state index in [1.165, 1.54) is 12.1 Å². The first kappa shape index (κ1) is 14.5. The molecule has 1 nitrogen and oxygen atoms in total. The van der Waals surface area contributed by atoms with E-state index in [1.54, 1.807) is 0 Å². The van der Waals surface area contributed by atoms with E-state index in [1.807, 2.05) is 0 Å². The molecule has 0 saturated carbocycles. The van der Waals surface area contributed by atoms with Gasteiger partial charge in [-0.3, -0.25) is 0 Å². The molecule has 0 aliphatic carbocycles.